The molecule has 68 heavy (non-hydrogen) atoms. The number of para-hydroxylation sites is 4. The van der Waals surface area contributed by atoms with Crippen LogP contribution >= 0.6 is 0 Å². The van der Waals surface area contributed by atoms with Gasteiger partial charge in [-0.3, -0.25) is 0 Å². The second-order valence-corrected chi connectivity index (χ2v) is 19.8. The van der Waals surface area contributed by atoms with Crippen LogP contribution in [0.4, 0.5) is 0 Å². The fourth-order valence-corrected chi connectivity index (χ4v) is 11.5. The van der Waals surface area contributed by atoms with Crippen molar-refractivity contribution >= 4 is 73.9 Å². The molecule has 0 radical (unpaired) electrons. The lowest BCUT2D eigenvalue weighted by Gasteiger charge is -2.19. The zero-order valence-electron chi connectivity index (χ0n) is 39.2. The van der Waals surface area contributed by atoms with Crippen LogP contribution in [0.5, 0.6) is 34.5 Å². The van der Waals surface area contributed by atoms with Gasteiger partial charge in [0.25, 0.3) is 0 Å². The van der Waals surface area contributed by atoms with E-state index < -0.39 is 30.3 Å². The molecule has 0 atom stereocenters. The van der Waals surface area contributed by atoms with Crippen molar-refractivity contribution < 1.29 is 22.7 Å². The highest BCUT2D eigenvalue weighted by Crippen LogP contribution is 2.34. The minimum atomic E-state index is -3.02. The van der Waals surface area contributed by atoms with E-state index in [4.69, 9.17) is 42.7 Å². The molecule has 0 unspecified atom stereocenters. The van der Waals surface area contributed by atoms with Crippen molar-refractivity contribution in [1.29, 1.82) is 0 Å². The van der Waals surface area contributed by atoms with Crippen LogP contribution in [0.3, 0.4) is 0 Å². The van der Waals surface area contributed by atoms with E-state index in [1.54, 1.807) is 0 Å². The fraction of sp³-hybridized carbons (Fsp3) is 0.143. The van der Waals surface area contributed by atoms with Crippen molar-refractivity contribution in [2.24, 2.45) is 0 Å². The van der Waals surface area contributed by atoms with E-state index in [-0.39, 0.29) is 0 Å². The molecule has 10 rings (SSSR count). The molecule has 334 valence electrons. The van der Waals surface area contributed by atoms with Gasteiger partial charge < -0.3 is 22.7 Å². The zero-order chi connectivity index (χ0) is 47.1. The summed E-state index contributed by atoms with van der Waals surface area (Å²) in [5, 5.41) is 4.04. The lowest BCUT2D eigenvalue weighted by Crippen LogP contribution is -2.37. The number of benzene rings is 6. The second-order valence-electron chi connectivity index (χ2n) is 17.3. The first-order valence-corrected chi connectivity index (χ1v) is 25.4. The number of fused-ring (bicyclic) bond motifs is 4. The predicted octanol–water partition coefficient (Wildman–Crippen LogP) is 13.1. The van der Waals surface area contributed by atoms with E-state index in [1.165, 1.54) is 0 Å². The van der Waals surface area contributed by atoms with Gasteiger partial charge in [-0.05, 0) is 162 Å². The molecule has 0 saturated carbocycles. The standard InChI is InChI=1S/C12H10O2.4C11H11NO.2Al/c13-11-5-1-9(2-6-11)10-3-7-12(14)8-4-10;4*1-7-6-8(2)12-11-9(7)4-3-5-10(11)13;;/h1-8,13-14H;4*3-6,13H,1-2H3;;/q;;;;;2*+3/p-6. The summed E-state index contributed by atoms with van der Waals surface area (Å²) in [4.78, 5) is 19.4. The van der Waals surface area contributed by atoms with E-state index in [9.17, 15) is 0 Å². The Bertz CT molecular complexity index is 3110. The molecule has 0 spiro atoms. The maximum Gasteiger partial charge on any atom is 1.20 e. The van der Waals surface area contributed by atoms with Crippen molar-refractivity contribution in [2.75, 3.05) is 0 Å². The van der Waals surface area contributed by atoms with Crippen molar-refractivity contribution in [3.8, 4) is 45.6 Å². The summed E-state index contributed by atoms with van der Waals surface area (Å²) >= 11 is -6.04. The number of rotatable bonds is 13. The van der Waals surface area contributed by atoms with Crippen molar-refractivity contribution in [3.05, 3.63) is 191 Å². The van der Waals surface area contributed by atoms with E-state index in [2.05, 4.69) is 76.2 Å². The van der Waals surface area contributed by atoms with Crippen molar-refractivity contribution in [2.45, 2.75) is 55.4 Å². The minimum absolute atomic E-state index is 0.601. The van der Waals surface area contributed by atoms with Gasteiger partial charge in [0.1, 0.15) is 45.1 Å². The highest BCUT2D eigenvalue weighted by molar-refractivity contribution is 6.40. The van der Waals surface area contributed by atoms with Crippen LogP contribution in [-0.4, -0.2) is 50.2 Å². The van der Waals surface area contributed by atoms with Crippen LogP contribution in [0.2, 0.25) is 0 Å². The molecule has 0 amide bonds. The van der Waals surface area contributed by atoms with E-state index in [0.717, 1.165) is 99.8 Å². The largest absolute Gasteiger partial charge is 1.20 e. The summed E-state index contributed by atoms with van der Waals surface area (Å²) in [5.41, 5.74) is 13.1. The smallest absolute Gasteiger partial charge is 0.577 e. The summed E-state index contributed by atoms with van der Waals surface area (Å²) in [5.74, 6) is 3.62. The Hall–Kier alpha value is -7.18. The highest BCUT2D eigenvalue weighted by Gasteiger charge is 2.46. The first-order chi connectivity index (χ1) is 32.9. The molecule has 10 aromatic rings. The van der Waals surface area contributed by atoms with Crippen LogP contribution in [0.1, 0.15) is 45.0 Å². The van der Waals surface area contributed by atoms with Crippen LogP contribution in [-0.2, 0) is 0 Å². The lowest BCUT2D eigenvalue weighted by molar-refractivity contribution is 0.309. The molecule has 0 bridgehead atoms. The zero-order valence-corrected chi connectivity index (χ0v) is 41.6. The van der Waals surface area contributed by atoms with Gasteiger partial charge in [-0.1, -0.05) is 72.8 Å². The Labute approximate surface area is 405 Å². The van der Waals surface area contributed by atoms with Crippen LogP contribution in [0.15, 0.2) is 146 Å². The first-order valence-electron chi connectivity index (χ1n) is 22.6. The molecular formula is C56H48Al2N4O6. The van der Waals surface area contributed by atoms with Crippen LogP contribution < -0.4 is 22.7 Å². The molecule has 10 nitrogen and oxygen atoms in total. The molecule has 6 aromatic carbocycles. The Morgan fingerprint density at radius 2 is 0.544 bits per heavy atom. The summed E-state index contributed by atoms with van der Waals surface area (Å²) in [6.45, 7) is 16.3. The SMILES string of the molecule is Cc1cc(C)c2cccc([O][Al]([O]c3ccc(-c4ccc([O][Al]([O]c5cccc6c(C)cc(C)nc56)[O]c5cccc6c(C)cc(C)nc56)cc4)cc3)[O]c3cccc4c(C)cc(C)nc34)c2n1. The number of hydrogen-bond acceptors (Lipinski definition) is 10. The fourth-order valence-electron chi connectivity index (χ4n) is 8.84. The molecule has 0 aliphatic carbocycles. The number of aromatic nitrogens is 4. The summed E-state index contributed by atoms with van der Waals surface area (Å²) < 4.78 is 40.2. The molecular weight excluding hydrogens is 879 g/mol. The monoisotopic (exact) mass is 926 g/mol. The molecule has 12 heteroatoms. The van der Waals surface area contributed by atoms with Gasteiger partial charge in [-0.25, -0.2) is 19.9 Å². The van der Waals surface area contributed by atoms with Gasteiger partial charge >= 0.3 is 30.3 Å². The predicted molar refractivity (Wildman–Crippen MR) is 272 cm³/mol. The summed E-state index contributed by atoms with van der Waals surface area (Å²) in [6, 6.07) is 47.9. The lowest BCUT2D eigenvalue weighted by atomic mass is 10.1. The van der Waals surface area contributed by atoms with Gasteiger partial charge in [0.2, 0.25) is 0 Å². The minimum Gasteiger partial charge on any atom is -0.577 e. The third-order valence-corrected chi connectivity index (χ3v) is 14.7. The first kappa shape index (κ1) is 44.7. The number of nitrogens with zero attached hydrogens (tertiary/aromatic N) is 4. The van der Waals surface area contributed by atoms with Gasteiger partial charge in [-0.15, -0.1) is 0 Å². The average Bonchev–Trinajstić information content (AvgIpc) is 3.30. The summed E-state index contributed by atoms with van der Waals surface area (Å²) in [6.07, 6.45) is 0. The average molecular weight is 927 g/mol. The molecule has 4 aromatic heterocycles. The Balaban J connectivity index is 0.922. The molecule has 0 aliphatic heterocycles. The molecule has 4 heterocycles. The Kier molecular flexibility index (Phi) is 12.4. The Morgan fingerprint density at radius 3 is 0.794 bits per heavy atom. The topological polar surface area (TPSA) is 107 Å². The van der Waals surface area contributed by atoms with Crippen LogP contribution in [0.25, 0.3) is 54.7 Å². The van der Waals surface area contributed by atoms with Crippen molar-refractivity contribution in [3.63, 3.8) is 0 Å². The Morgan fingerprint density at radius 1 is 0.294 bits per heavy atom. The molecule has 0 fully saturated rings. The molecule has 0 aliphatic rings. The van der Waals surface area contributed by atoms with E-state index in [1.807, 2.05) is 125 Å². The maximum atomic E-state index is 6.72. The number of aryl methyl sites for hydroxylation is 8. The second kappa shape index (κ2) is 18.8. The van der Waals surface area contributed by atoms with Gasteiger partial charge in [0.15, 0.2) is 0 Å². The highest BCUT2D eigenvalue weighted by atomic mass is 27.3. The number of hydrogen-bond donors (Lipinski definition) is 0. The molecule has 0 N–H and O–H groups in total. The summed E-state index contributed by atoms with van der Waals surface area (Å²) in [7, 11) is 0. The quantitative estimate of drug-likeness (QED) is 0.104. The van der Waals surface area contributed by atoms with Gasteiger partial charge in [-0.2, -0.15) is 0 Å². The van der Waals surface area contributed by atoms with Crippen molar-refractivity contribution in [1.82, 2.24) is 19.9 Å². The molecule has 0 saturated heterocycles. The maximum absolute atomic E-state index is 6.72. The normalized spacial score (nSPS) is 11.2. The van der Waals surface area contributed by atoms with E-state index in [0.29, 0.717) is 34.5 Å². The third-order valence-electron chi connectivity index (χ3n) is 11.9. The number of pyridine rings is 4. The third kappa shape index (κ3) is 9.38. The van der Waals surface area contributed by atoms with Gasteiger partial charge in [0.05, 0.1) is 11.5 Å². The van der Waals surface area contributed by atoms with Crippen LogP contribution in [0, 0.1) is 55.4 Å². The van der Waals surface area contributed by atoms with E-state index >= 15 is 0 Å². The van der Waals surface area contributed by atoms with Gasteiger partial charge in [0, 0.05) is 44.3 Å².